The van der Waals surface area contributed by atoms with E-state index in [1.165, 1.54) is 62.8 Å². The zero-order chi connectivity index (χ0) is 32.1. The number of unbranched alkanes of at least 4 members (excludes halogenated alkanes) is 5. The topological polar surface area (TPSA) is 129 Å². The van der Waals surface area contributed by atoms with Crippen LogP contribution in [0.25, 0.3) is 6.08 Å². The molecule has 1 heterocycles. The number of likely N-dealkylation sites (N-methyl/N-ethyl adjacent to an activating group) is 1. The minimum Gasteiger partial charge on any atom is -0.497 e. The number of hydrogen-bond donors (Lipinski definition) is 2. The summed E-state index contributed by atoms with van der Waals surface area (Å²) in [6.07, 6.45) is 12.9. The van der Waals surface area contributed by atoms with E-state index in [1.54, 1.807) is 61.0 Å². The first kappa shape index (κ1) is 34.3. The van der Waals surface area contributed by atoms with Gasteiger partial charge in [-0.1, -0.05) is 45.1 Å². The highest BCUT2D eigenvalue weighted by Gasteiger charge is 2.30. The third kappa shape index (κ3) is 9.14. The standard InChI is InChI=1S/C33H42N4O6S/c1-5-6-7-8-9-10-20-36(3)31(38)18-13-26-21-25(2)32(30(22-26)33(39)35-40)37(24-27-12-11-19-34-23-27)44(41,42)29-16-14-28(43-4)15-17-29/h11-19,21-23,40H,5-10,20,24H2,1-4H3,(H,35,39). The molecule has 2 amide bonds. The molecule has 11 heteroatoms. The number of anilines is 1. The Morgan fingerprint density at radius 2 is 1.75 bits per heavy atom. The average Bonchev–Trinajstić information content (AvgIpc) is 3.04. The number of aryl methyl sites for hydroxylation is 1. The number of benzene rings is 2. The maximum Gasteiger partial charge on any atom is 0.276 e. The van der Waals surface area contributed by atoms with E-state index in [1.807, 2.05) is 0 Å². The van der Waals surface area contributed by atoms with Crippen LogP contribution in [0, 0.1) is 6.92 Å². The Balaban J connectivity index is 1.98. The van der Waals surface area contributed by atoms with Gasteiger partial charge in [0.1, 0.15) is 5.75 Å². The number of hydroxylamine groups is 1. The van der Waals surface area contributed by atoms with Gasteiger partial charge in [0, 0.05) is 32.1 Å². The molecule has 2 aromatic carbocycles. The second-order valence-electron chi connectivity index (χ2n) is 10.6. The summed E-state index contributed by atoms with van der Waals surface area (Å²) in [4.78, 5) is 31.5. The Morgan fingerprint density at radius 3 is 2.39 bits per heavy atom. The molecule has 0 radical (unpaired) electrons. The Hall–Kier alpha value is -4.22. The van der Waals surface area contributed by atoms with Crippen LogP contribution >= 0.6 is 0 Å². The highest BCUT2D eigenvalue weighted by Crippen LogP contribution is 2.34. The van der Waals surface area contributed by atoms with E-state index in [-0.39, 0.29) is 28.6 Å². The number of methoxy groups -OCH3 is 1. The Morgan fingerprint density at radius 1 is 1.05 bits per heavy atom. The van der Waals surface area contributed by atoms with Crippen LogP contribution in [-0.2, 0) is 21.4 Å². The van der Waals surface area contributed by atoms with Gasteiger partial charge in [0.05, 0.1) is 29.8 Å². The van der Waals surface area contributed by atoms with Gasteiger partial charge in [-0.2, -0.15) is 0 Å². The van der Waals surface area contributed by atoms with Crippen LogP contribution in [-0.4, -0.2) is 56.0 Å². The zero-order valence-corrected chi connectivity index (χ0v) is 26.6. The predicted octanol–water partition coefficient (Wildman–Crippen LogP) is 5.75. The first-order valence-electron chi connectivity index (χ1n) is 14.7. The largest absolute Gasteiger partial charge is 0.497 e. The van der Waals surface area contributed by atoms with Crippen molar-refractivity contribution in [2.24, 2.45) is 0 Å². The molecule has 0 atom stereocenters. The molecule has 0 aliphatic carbocycles. The number of rotatable bonds is 16. The summed E-state index contributed by atoms with van der Waals surface area (Å²) in [6, 6.07) is 12.5. The molecule has 0 aliphatic heterocycles. The smallest absolute Gasteiger partial charge is 0.276 e. The van der Waals surface area contributed by atoms with Crippen molar-refractivity contribution < 1.29 is 28.0 Å². The van der Waals surface area contributed by atoms with Crippen LogP contribution in [0.3, 0.4) is 0 Å². The molecule has 3 rings (SSSR count). The lowest BCUT2D eigenvalue weighted by atomic mass is 10.0. The van der Waals surface area contributed by atoms with Crippen LogP contribution < -0.4 is 14.5 Å². The van der Waals surface area contributed by atoms with Crippen molar-refractivity contribution in [2.45, 2.75) is 63.8 Å². The van der Waals surface area contributed by atoms with Crippen LogP contribution in [0.5, 0.6) is 5.75 Å². The van der Waals surface area contributed by atoms with E-state index in [4.69, 9.17) is 4.74 Å². The Kier molecular flexibility index (Phi) is 12.9. The monoisotopic (exact) mass is 622 g/mol. The molecule has 0 unspecified atom stereocenters. The van der Waals surface area contributed by atoms with Gasteiger partial charge in [-0.05, 0) is 78.6 Å². The molecule has 2 N–H and O–H groups in total. The SMILES string of the molecule is CCCCCCCCN(C)C(=O)C=Cc1cc(C)c(N(Cc2cccnc2)S(=O)(=O)c2ccc(OC)cc2)c(C(=O)NO)c1. The van der Waals surface area contributed by atoms with Crippen molar-refractivity contribution in [2.75, 3.05) is 25.0 Å². The molecule has 0 saturated carbocycles. The van der Waals surface area contributed by atoms with Crippen molar-refractivity contribution in [1.82, 2.24) is 15.4 Å². The highest BCUT2D eigenvalue weighted by molar-refractivity contribution is 7.92. The third-order valence-corrected chi connectivity index (χ3v) is 9.02. The van der Waals surface area contributed by atoms with Crippen molar-refractivity contribution in [3.63, 3.8) is 0 Å². The number of amides is 2. The van der Waals surface area contributed by atoms with Gasteiger partial charge in [-0.25, -0.2) is 13.9 Å². The number of aromatic nitrogens is 1. The zero-order valence-electron chi connectivity index (χ0n) is 25.8. The number of nitrogens with zero attached hydrogens (tertiary/aromatic N) is 3. The molecule has 10 nitrogen and oxygen atoms in total. The normalized spacial score (nSPS) is 11.4. The van der Waals surface area contributed by atoms with Crippen molar-refractivity contribution in [3.8, 4) is 5.75 Å². The molecule has 0 spiro atoms. The summed E-state index contributed by atoms with van der Waals surface area (Å²) in [7, 11) is -0.988. The number of carbonyl (C=O) groups is 2. The number of pyridine rings is 1. The molecule has 1 aromatic heterocycles. The first-order chi connectivity index (χ1) is 21.1. The van der Waals surface area contributed by atoms with Crippen LogP contribution in [0.1, 0.15) is 72.5 Å². The fraction of sp³-hybridized carbons (Fsp3) is 0.364. The van der Waals surface area contributed by atoms with Gasteiger partial charge < -0.3 is 9.64 Å². The second kappa shape index (κ2) is 16.6. The number of ether oxygens (including phenoxy) is 1. The molecule has 3 aromatic rings. The van der Waals surface area contributed by atoms with Crippen molar-refractivity contribution in [3.05, 3.63) is 89.3 Å². The van der Waals surface area contributed by atoms with E-state index in [0.29, 0.717) is 29.0 Å². The number of hydrogen-bond acceptors (Lipinski definition) is 7. The van der Waals surface area contributed by atoms with E-state index in [2.05, 4.69) is 11.9 Å². The second-order valence-corrected chi connectivity index (χ2v) is 12.4. The fourth-order valence-corrected chi connectivity index (χ4v) is 6.36. The summed E-state index contributed by atoms with van der Waals surface area (Å²) >= 11 is 0. The summed E-state index contributed by atoms with van der Waals surface area (Å²) in [5.74, 6) is -0.595. The first-order valence-corrected chi connectivity index (χ1v) is 16.1. The lowest BCUT2D eigenvalue weighted by Gasteiger charge is -2.28. The molecular weight excluding hydrogens is 580 g/mol. The molecular formula is C33H42N4O6S. The van der Waals surface area contributed by atoms with Gasteiger partial charge in [0.2, 0.25) is 5.91 Å². The van der Waals surface area contributed by atoms with Crippen molar-refractivity contribution in [1.29, 1.82) is 0 Å². The van der Waals surface area contributed by atoms with Crippen LogP contribution in [0.15, 0.2) is 71.9 Å². The van der Waals surface area contributed by atoms with Crippen molar-refractivity contribution >= 4 is 33.6 Å². The summed E-state index contributed by atoms with van der Waals surface area (Å²) < 4.78 is 34.5. The van der Waals surface area contributed by atoms with Gasteiger partial charge in [-0.15, -0.1) is 0 Å². The molecule has 0 bridgehead atoms. The van der Waals surface area contributed by atoms with Gasteiger partial charge >= 0.3 is 0 Å². The van der Waals surface area contributed by atoms with Gasteiger partial charge in [0.25, 0.3) is 15.9 Å². The van der Waals surface area contributed by atoms with E-state index in [0.717, 1.165) is 23.6 Å². The summed E-state index contributed by atoms with van der Waals surface area (Å²) in [5, 5.41) is 9.61. The minimum atomic E-state index is -4.22. The van der Waals surface area contributed by atoms with Gasteiger partial charge in [0.15, 0.2) is 0 Å². The van der Waals surface area contributed by atoms with E-state index in [9.17, 15) is 23.2 Å². The quantitative estimate of drug-likeness (QED) is 0.0901. The molecule has 0 saturated heterocycles. The highest BCUT2D eigenvalue weighted by atomic mass is 32.2. The Labute approximate surface area is 260 Å². The molecule has 44 heavy (non-hydrogen) atoms. The summed E-state index contributed by atoms with van der Waals surface area (Å²) in [6.45, 7) is 4.35. The minimum absolute atomic E-state index is 0.0140. The number of sulfonamides is 1. The Bertz CT molecular complexity index is 1530. The van der Waals surface area contributed by atoms with E-state index >= 15 is 0 Å². The third-order valence-electron chi connectivity index (χ3n) is 7.26. The number of nitrogens with one attached hydrogen (secondary N) is 1. The lowest BCUT2D eigenvalue weighted by Crippen LogP contribution is -2.34. The fourth-order valence-electron chi connectivity index (χ4n) is 4.82. The maximum atomic E-state index is 14.1. The van der Waals surface area contributed by atoms with Crippen LogP contribution in [0.4, 0.5) is 5.69 Å². The lowest BCUT2D eigenvalue weighted by molar-refractivity contribution is -0.124. The number of carbonyl (C=O) groups excluding carboxylic acids is 2. The van der Waals surface area contributed by atoms with Crippen LogP contribution in [0.2, 0.25) is 0 Å². The van der Waals surface area contributed by atoms with Gasteiger partial charge in [-0.3, -0.25) is 24.1 Å². The summed E-state index contributed by atoms with van der Waals surface area (Å²) in [5.41, 5.74) is 3.16. The molecule has 0 aliphatic rings. The predicted molar refractivity (Wildman–Crippen MR) is 171 cm³/mol. The van der Waals surface area contributed by atoms with E-state index < -0.39 is 15.9 Å². The average molecular weight is 623 g/mol. The maximum absolute atomic E-state index is 14.1. The molecule has 236 valence electrons. The molecule has 0 fully saturated rings.